The zero-order valence-corrected chi connectivity index (χ0v) is 14.1. The van der Waals surface area contributed by atoms with E-state index in [4.69, 9.17) is 4.74 Å². The van der Waals surface area contributed by atoms with Crippen molar-refractivity contribution >= 4 is 0 Å². The lowest BCUT2D eigenvalue weighted by Crippen LogP contribution is -2.37. The summed E-state index contributed by atoms with van der Waals surface area (Å²) >= 11 is 0. The molecule has 1 aliphatic rings. The fourth-order valence-electron chi connectivity index (χ4n) is 3.06. The lowest BCUT2D eigenvalue weighted by atomic mass is 9.87. The number of nitrogens with one attached hydrogen (secondary N) is 1. The standard InChI is InChI=1S/C19H31NO/c1-15(2)11-13-21-17-9-7-16(8-10-17)14-20-18-6-5-12-19(18,3)4/h7-10,15,18,20H,5-6,11-14H2,1-4H3. The van der Waals surface area contributed by atoms with E-state index in [1.165, 1.54) is 24.8 Å². The van der Waals surface area contributed by atoms with Crippen molar-refractivity contribution in [3.63, 3.8) is 0 Å². The molecular weight excluding hydrogens is 258 g/mol. The topological polar surface area (TPSA) is 21.3 Å². The Balaban J connectivity index is 1.77. The minimum Gasteiger partial charge on any atom is -0.494 e. The van der Waals surface area contributed by atoms with Gasteiger partial charge in [0.15, 0.2) is 0 Å². The van der Waals surface area contributed by atoms with Crippen molar-refractivity contribution < 1.29 is 4.74 Å². The van der Waals surface area contributed by atoms with E-state index in [9.17, 15) is 0 Å². The average molecular weight is 289 g/mol. The van der Waals surface area contributed by atoms with Crippen LogP contribution in [0.2, 0.25) is 0 Å². The maximum Gasteiger partial charge on any atom is 0.119 e. The predicted molar refractivity (Wildman–Crippen MR) is 89.7 cm³/mol. The van der Waals surface area contributed by atoms with Gasteiger partial charge < -0.3 is 10.1 Å². The Labute approximate surface area is 130 Å². The first kappa shape index (κ1) is 16.4. The van der Waals surface area contributed by atoms with Crippen molar-refractivity contribution in [3.05, 3.63) is 29.8 Å². The highest BCUT2D eigenvalue weighted by Crippen LogP contribution is 2.37. The van der Waals surface area contributed by atoms with Gasteiger partial charge in [0.25, 0.3) is 0 Å². The Hall–Kier alpha value is -1.02. The number of rotatable bonds is 7. The Morgan fingerprint density at radius 2 is 1.95 bits per heavy atom. The van der Waals surface area contributed by atoms with Crippen molar-refractivity contribution in [2.45, 2.75) is 66.0 Å². The van der Waals surface area contributed by atoms with Crippen LogP contribution in [-0.2, 0) is 6.54 Å². The molecule has 0 amide bonds. The SMILES string of the molecule is CC(C)CCOc1ccc(CNC2CCCC2(C)C)cc1. The second kappa shape index (κ2) is 7.31. The number of hydrogen-bond acceptors (Lipinski definition) is 2. The van der Waals surface area contributed by atoms with Gasteiger partial charge in [-0.15, -0.1) is 0 Å². The van der Waals surface area contributed by atoms with Crippen molar-refractivity contribution in [1.29, 1.82) is 0 Å². The second-order valence-corrected chi connectivity index (χ2v) is 7.49. The Kier molecular flexibility index (Phi) is 5.69. The summed E-state index contributed by atoms with van der Waals surface area (Å²) in [4.78, 5) is 0. The first-order valence-corrected chi connectivity index (χ1v) is 8.42. The summed E-state index contributed by atoms with van der Waals surface area (Å²) in [7, 11) is 0. The zero-order valence-electron chi connectivity index (χ0n) is 14.1. The van der Waals surface area contributed by atoms with E-state index < -0.39 is 0 Å². The molecule has 0 spiro atoms. The molecule has 1 aromatic carbocycles. The molecule has 1 unspecified atom stereocenters. The molecule has 1 saturated carbocycles. The van der Waals surface area contributed by atoms with Crippen LogP contribution < -0.4 is 10.1 Å². The molecule has 1 N–H and O–H groups in total. The third-order valence-corrected chi connectivity index (χ3v) is 4.70. The summed E-state index contributed by atoms with van der Waals surface area (Å²) in [6.45, 7) is 11.0. The van der Waals surface area contributed by atoms with Gasteiger partial charge in [-0.05, 0) is 48.3 Å². The lowest BCUT2D eigenvalue weighted by Gasteiger charge is -2.28. The molecule has 21 heavy (non-hydrogen) atoms. The summed E-state index contributed by atoms with van der Waals surface area (Å²) in [6.07, 6.45) is 5.12. The van der Waals surface area contributed by atoms with E-state index in [2.05, 4.69) is 57.3 Å². The normalized spacial score (nSPS) is 20.9. The van der Waals surface area contributed by atoms with Gasteiger partial charge in [-0.2, -0.15) is 0 Å². The molecule has 2 nitrogen and oxygen atoms in total. The molecule has 1 aromatic rings. The third-order valence-electron chi connectivity index (χ3n) is 4.70. The highest BCUT2D eigenvalue weighted by Gasteiger charge is 2.33. The van der Waals surface area contributed by atoms with Crippen LogP contribution in [0, 0.1) is 11.3 Å². The molecule has 1 fully saturated rings. The van der Waals surface area contributed by atoms with Crippen molar-refractivity contribution in [1.82, 2.24) is 5.32 Å². The van der Waals surface area contributed by atoms with Gasteiger partial charge in [-0.25, -0.2) is 0 Å². The van der Waals surface area contributed by atoms with E-state index in [1.807, 2.05) is 0 Å². The molecule has 1 aliphatic carbocycles. The van der Waals surface area contributed by atoms with Gasteiger partial charge >= 0.3 is 0 Å². The summed E-state index contributed by atoms with van der Waals surface area (Å²) in [5.74, 6) is 1.68. The molecule has 1 atom stereocenters. The van der Waals surface area contributed by atoms with E-state index in [0.717, 1.165) is 25.3 Å². The van der Waals surface area contributed by atoms with Crippen molar-refractivity contribution in [2.24, 2.45) is 11.3 Å². The molecule has 0 heterocycles. The van der Waals surface area contributed by atoms with E-state index >= 15 is 0 Å². The highest BCUT2D eigenvalue weighted by atomic mass is 16.5. The number of hydrogen-bond donors (Lipinski definition) is 1. The van der Waals surface area contributed by atoms with E-state index in [1.54, 1.807) is 0 Å². The van der Waals surface area contributed by atoms with Crippen LogP contribution in [0.1, 0.15) is 58.9 Å². The molecule has 118 valence electrons. The van der Waals surface area contributed by atoms with Gasteiger partial charge in [0.1, 0.15) is 5.75 Å². The quantitative estimate of drug-likeness (QED) is 0.780. The molecule has 0 radical (unpaired) electrons. The van der Waals surface area contributed by atoms with Gasteiger partial charge in [0, 0.05) is 12.6 Å². The minimum atomic E-state index is 0.444. The Morgan fingerprint density at radius 1 is 1.24 bits per heavy atom. The molecule has 0 saturated heterocycles. The van der Waals surface area contributed by atoms with Gasteiger partial charge in [-0.1, -0.05) is 46.2 Å². The van der Waals surface area contributed by atoms with Crippen LogP contribution in [0.15, 0.2) is 24.3 Å². The molecule has 0 bridgehead atoms. The molecular formula is C19H31NO. The Bertz CT molecular complexity index is 422. The summed E-state index contributed by atoms with van der Waals surface area (Å²) in [6, 6.07) is 9.20. The predicted octanol–water partition coefficient (Wildman–Crippen LogP) is 4.78. The zero-order chi connectivity index (χ0) is 15.3. The highest BCUT2D eigenvalue weighted by molar-refractivity contribution is 5.27. The molecule has 2 heteroatoms. The molecule has 2 rings (SSSR count). The van der Waals surface area contributed by atoms with Gasteiger partial charge in [0.05, 0.1) is 6.61 Å². The minimum absolute atomic E-state index is 0.444. The van der Waals surface area contributed by atoms with Gasteiger partial charge in [0.2, 0.25) is 0 Å². The average Bonchev–Trinajstić information content (AvgIpc) is 2.76. The van der Waals surface area contributed by atoms with Crippen molar-refractivity contribution in [2.75, 3.05) is 6.61 Å². The summed E-state index contributed by atoms with van der Waals surface area (Å²) in [5, 5.41) is 3.72. The maximum atomic E-state index is 5.76. The van der Waals surface area contributed by atoms with Crippen LogP contribution in [0.4, 0.5) is 0 Å². The first-order chi connectivity index (χ1) is 9.97. The maximum absolute atomic E-state index is 5.76. The second-order valence-electron chi connectivity index (χ2n) is 7.49. The Morgan fingerprint density at radius 3 is 2.52 bits per heavy atom. The van der Waals surface area contributed by atoms with Gasteiger partial charge in [-0.3, -0.25) is 0 Å². The van der Waals surface area contributed by atoms with E-state index in [0.29, 0.717) is 17.4 Å². The smallest absolute Gasteiger partial charge is 0.119 e. The van der Waals surface area contributed by atoms with Crippen LogP contribution >= 0.6 is 0 Å². The van der Waals surface area contributed by atoms with Crippen LogP contribution in [-0.4, -0.2) is 12.6 Å². The lowest BCUT2D eigenvalue weighted by molar-refractivity contribution is 0.282. The monoisotopic (exact) mass is 289 g/mol. The molecule has 0 aliphatic heterocycles. The number of ether oxygens (including phenoxy) is 1. The van der Waals surface area contributed by atoms with E-state index in [-0.39, 0.29) is 0 Å². The fourth-order valence-corrected chi connectivity index (χ4v) is 3.06. The first-order valence-electron chi connectivity index (χ1n) is 8.42. The van der Waals surface area contributed by atoms with Crippen LogP contribution in [0.5, 0.6) is 5.75 Å². The van der Waals surface area contributed by atoms with Crippen LogP contribution in [0.25, 0.3) is 0 Å². The largest absolute Gasteiger partial charge is 0.494 e. The molecule has 0 aromatic heterocycles. The van der Waals surface area contributed by atoms with Crippen LogP contribution in [0.3, 0.4) is 0 Å². The fraction of sp³-hybridized carbons (Fsp3) is 0.684. The van der Waals surface area contributed by atoms with Crippen molar-refractivity contribution in [3.8, 4) is 5.75 Å². The third kappa shape index (κ3) is 5.03. The number of benzene rings is 1. The summed E-state index contributed by atoms with van der Waals surface area (Å²) < 4.78 is 5.76. The summed E-state index contributed by atoms with van der Waals surface area (Å²) in [5.41, 5.74) is 1.79.